The minimum Gasteiger partial charge on any atom is -0.457 e. The molecule has 5 rings (SSSR count). The second-order valence-corrected chi connectivity index (χ2v) is 7.81. The van der Waals surface area contributed by atoms with E-state index in [0.29, 0.717) is 11.4 Å². The Kier molecular flexibility index (Phi) is 3.51. The van der Waals surface area contributed by atoms with Gasteiger partial charge in [0.15, 0.2) is 0 Å². The van der Waals surface area contributed by atoms with Gasteiger partial charge in [-0.05, 0) is 73.6 Å². The number of hydrogen-bond donors (Lipinski definition) is 0. The lowest BCUT2D eigenvalue weighted by Gasteiger charge is -2.18. The molecule has 0 spiro atoms. The van der Waals surface area contributed by atoms with E-state index in [0.717, 1.165) is 17.7 Å². The number of amides is 2. The summed E-state index contributed by atoms with van der Waals surface area (Å²) in [5, 5.41) is 0. The molecule has 136 valence electrons. The van der Waals surface area contributed by atoms with Gasteiger partial charge in [-0.25, -0.2) is 0 Å². The van der Waals surface area contributed by atoms with E-state index in [4.69, 9.17) is 4.74 Å². The SMILES string of the molecule is Cc1cccc(Oc2ccc(N3C(=O)[C@@H]4[C@@H](C3=O)[C@H]3C=C[C@@H]4C3)cc2)c1C. The Labute approximate surface area is 158 Å². The topological polar surface area (TPSA) is 46.6 Å². The highest BCUT2D eigenvalue weighted by molar-refractivity contribution is 6.22. The molecule has 0 N–H and O–H groups in total. The van der Waals surface area contributed by atoms with Crippen LogP contribution in [0.2, 0.25) is 0 Å². The van der Waals surface area contributed by atoms with E-state index in [2.05, 4.69) is 25.1 Å². The molecule has 27 heavy (non-hydrogen) atoms. The van der Waals surface area contributed by atoms with Crippen LogP contribution in [0.1, 0.15) is 17.5 Å². The van der Waals surface area contributed by atoms with Crippen molar-refractivity contribution in [1.82, 2.24) is 0 Å². The number of hydrogen-bond acceptors (Lipinski definition) is 3. The summed E-state index contributed by atoms with van der Waals surface area (Å²) < 4.78 is 5.98. The number of rotatable bonds is 3. The third-order valence-corrected chi connectivity index (χ3v) is 6.35. The summed E-state index contributed by atoms with van der Waals surface area (Å²) in [6.07, 6.45) is 5.17. The van der Waals surface area contributed by atoms with Crippen LogP contribution in [0.15, 0.2) is 54.6 Å². The number of aryl methyl sites for hydroxylation is 1. The Bertz CT molecular complexity index is 946. The van der Waals surface area contributed by atoms with Gasteiger partial charge in [0, 0.05) is 0 Å². The van der Waals surface area contributed by atoms with Crippen molar-refractivity contribution in [2.75, 3.05) is 4.90 Å². The maximum atomic E-state index is 12.9. The van der Waals surface area contributed by atoms with Crippen LogP contribution < -0.4 is 9.64 Å². The molecular formula is C23H21NO3. The quantitative estimate of drug-likeness (QED) is 0.602. The monoisotopic (exact) mass is 359 g/mol. The number of ether oxygens (including phenoxy) is 1. The van der Waals surface area contributed by atoms with Crippen LogP contribution in [0.5, 0.6) is 11.5 Å². The molecule has 0 unspecified atom stereocenters. The Morgan fingerprint density at radius 3 is 2.15 bits per heavy atom. The summed E-state index contributed by atoms with van der Waals surface area (Å²) in [6.45, 7) is 4.08. The third-order valence-electron chi connectivity index (χ3n) is 6.35. The molecule has 0 radical (unpaired) electrons. The average molecular weight is 359 g/mol. The van der Waals surface area contributed by atoms with E-state index in [1.807, 2.05) is 31.2 Å². The lowest BCUT2D eigenvalue weighted by molar-refractivity contribution is -0.123. The van der Waals surface area contributed by atoms with Crippen LogP contribution in [0.4, 0.5) is 5.69 Å². The second kappa shape index (κ2) is 5.81. The third kappa shape index (κ3) is 2.36. The van der Waals surface area contributed by atoms with E-state index >= 15 is 0 Å². The van der Waals surface area contributed by atoms with Gasteiger partial charge in [0.1, 0.15) is 11.5 Å². The number of carbonyl (C=O) groups excluding carboxylic acids is 2. The highest BCUT2D eigenvalue weighted by atomic mass is 16.5. The van der Waals surface area contributed by atoms with Crippen LogP contribution >= 0.6 is 0 Å². The van der Waals surface area contributed by atoms with Gasteiger partial charge in [0.25, 0.3) is 0 Å². The van der Waals surface area contributed by atoms with Gasteiger partial charge >= 0.3 is 0 Å². The fourth-order valence-electron chi connectivity index (χ4n) is 4.78. The molecular weight excluding hydrogens is 338 g/mol. The van der Waals surface area contributed by atoms with Gasteiger partial charge in [0.05, 0.1) is 17.5 Å². The number of carbonyl (C=O) groups is 2. The molecule has 0 aromatic heterocycles. The Morgan fingerprint density at radius 2 is 1.52 bits per heavy atom. The summed E-state index contributed by atoms with van der Waals surface area (Å²) >= 11 is 0. The highest BCUT2D eigenvalue weighted by Crippen LogP contribution is 2.53. The second-order valence-electron chi connectivity index (χ2n) is 7.81. The smallest absolute Gasteiger partial charge is 0.238 e. The predicted octanol–water partition coefficient (Wildman–Crippen LogP) is 4.41. The molecule has 4 atom stereocenters. The molecule has 1 aliphatic heterocycles. The van der Waals surface area contributed by atoms with Crippen molar-refractivity contribution in [2.45, 2.75) is 20.3 Å². The first-order valence-electron chi connectivity index (χ1n) is 9.45. The van der Waals surface area contributed by atoms with Crippen molar-refractivity contribution in [3.63, 3.8) is 0 Å². The Balaban J connectivity index is 1.39. The first-order chi connectivity index (χ1) is 13.0. The number of imide groups is 1. The van der Waals surface area contributed by atoms with Crippen molar-refractivity contribution in [2.24, 2.45) is 23.7 Å². The molecule has 1 heterocycles. The molecule has 2 aromatic rings. The molecule has 2 bridgehead atoms. The summed E-state index contributed by atoms with van der Waals surface area (Å²) in [6, 6.07) is 13.2. The lowest BCUT2D eigenvalue weighted by atomic mass is 9.85. The zero-order valence-corrected chi connectivity index (χ0v) is 15.4. The standard InChI is InChI=1S/C23H21NO3/c1-13-4-3-5-19(14(13)2)27-18-10-8-17(9-11-18)24-22(25)20-15-6-7-16(12-15)21(20)23(24)26/h3-11,15-16,20-21H,12H2,1-2H3/t15-,16+,20-,21-/m0/s1. The fourth-order valence-corrected chi connectivity index (χ4v) is 4.78. The van der Waals surface area contributed by atoms with Gasteiger partial charge in [-0.2, -0.15) is 0 Å². The van der Waals surface area contributed by atoms with Gasteiger partial charge in [-0.15, -0.1) is 0 Å². The maximum Gasteiger partial charge on any atom is 0.238 e. The minimum atomic E-state index is -0.168. The van der Waals surface area contributed by atoms with Crippen LogP contribution in [0, 0.1) is 37.5 Å². The molecule has 2 fully saturated rings. The first kappa shape index (κ1) is 16.3. The molecule has 4 nitrogen and oxygen atoms in total. The summed E-state index contributed by atoms with van der Waals surface area (Å²) in [4.78, 5) is 27.1. The largest absolute Gasteiger partial charge is 0.457 e. The zero-order valence-electron chi connectivity index (χ0n) is 15.4. The first-order valence-corrected chi connectivity index (χ1v) is 9.45. The molecule has 4 heteroatoms. The molecule has 3 aliphatic rings. The fraction of sp³-hybridized carbons (Fsp3) is 0.304. The van der Waals surface area contributed by atoms with E-state index in [9.17, 15) is 9.59 Å². The summed E-state index contributed by atoms with van der Waals surface area (Å²) in [7, 11) is 0. The van der Waals surface area contributed by atoms with Crippen molar-refractivity contribution in [1.29, 1.82) is 0 Å². The van der Waals surface area contributed by atoms with Crippen molar-refractivity contribution < 1.29 is 14.3 Å². The van der Waals surface area contributed by atoms with E-state index < -0.39 is 0 Å². The van der Waals surface area contributed by atoms with Gasteiger partial charge < -0.3 is 4.74 Å². The van der Waals surface area contributed by atoms with E-state index in [1.54, 1.807) is 12.1 Å². The Morgan fingerprint density at radius 1 is 0.889 bits per heavy atom. The number of benzene rings is 2. The van der Waals surface area contributed by atoms with Crippen molar-refractivity contribution in [3.05, 3.63) is 65.7 Å². The average Bonchev–Trinajstić information content (AvgIpc) is 3.34. The number of nitrogens with zero attached hydrogens (tertiary/aromatic N) is 1. The van der Waals surface area contributed by atoms with Crippen molar-refractivity contribution >= 4 is 17.5 Å². The summed E-state index contributed by atoms with van der Waals surface area (Å²) in [5.41, 5.74) is 2.90. The van der Waals surface area contributed by atoms with Gasteiger partial charge in [-0.1, -0.05) is 24.3 Å². The number of fused-ring (bicyclic) bond motifs is 5. The lowest BCUT2D eigenvalue weighted by Crippen LogP contribution is -2.32. The van der Waals surface area contributed by atoms with Crippen LogP contribution in [-0.4, -0.2) is 11.8 Å². The van der Waals surface area contributed by atoms with Crippen LogP contribution in [-0.2, 0) is 9.59 Å². The van der Waals surface area contributed by atoms with Gasteiger partial charge in [-0.3, -0.25) is 14.5 Å². The zero-order chi connectivity index (χ0) is 18.7. The highest BCUT2D eigenvalue weighted by Gasteiger charge is 2.59. The molecule has 2 amide bonds. The normalized spacial score (nSPS) is 28.1. The van der Waals surface area contributed by atoms with E-state index in [-0.39, 0.29) is 35.5 Å². The van der Waals surface area contributed by atoms with Gasteiger partial charge in [0.2, 0.25) is 11.8 Å². The maximum absolute atomic E-state index is 12.9. The number of allylic oxidation sites excluding steroid dienone is 2. The molecule has 1 saturated carbocycles. The minimum absolute atomic E-state index is 0.0509. The van der Waals surface area contributed by atoms with Crippen molar-refractivity contribution in [3.8, 4) is 11.5 Å². The Hall–Kier alpha value is -2.88. The molecule has 1 saturated heterocycles. The van der Waals surface area contributed by atoms with Crippen LogP contribution in [0.3, 0.4) is 0 Å². The van der Waals surface area contributed by atoms with E-state index in [1.165, 1.54) is 10.5 Å². The molecule has 2 aromatic carbocycles. The number of anilines is 1. The predicted molar refractivity (Wildman–Crippen MR) is 103 cm³/mol. The van der Waals surface area contributed by atoms with Crippen LogP contribution in [0.25, 0.3) is 0 Å². The summed E-state index contributed by atoms with van der Waals surface area (Å²) in [5.74, 6) is 1.52. The molecule has 2 aliphatic carbocycles.